The van der Waals surface area contributed by atoms with Crippen LogP contribution in [0.1, 0.15) is 24.6 Å². The number of aromatic amines is 1. The van der Waals surface area contributed by atoms with Crippen molar-refractivity contribution in [1.82, 2.24) is 9.55 Å². The van der Waals surface area contributed by atoms with E-state index in [-0.39, 0.29) is 6.61 Å². The van der Waals surface area contributed by atoms with Gasteiger partial charge in [-0.15, -0.1) is 0 Å². The van der Waals surface area contributed by atoms with Crippen molar-refractivity contribution in [3.63, 3.8) is 0 Å². The van der Waals surface area contributed by atoms with E-state index < -0.39 is 49.4 Å². The van der Waals surface area contributed by atoms with Crippen LogP contribution in [0, 0.1) is 6.92 Å². The zero-order chi connectivity index (χ0) is 18.6. The molecule has 0 spiro atoms. The van der Waals surface area contributed by atoms with E-state index >= 15 is 0 Å². The number of aromatic nitrogens is 2. The molecule has 0 radical (unpaired) electrons. The second kappa shape index (κ2) is 9.55. The molecule has 25 heavy (non-hydrogen) atoms. The van der Waals surface area contributed by atoms with E-state index in [9.17, 15) is 14.5 Å². The van der Waals surface area contributed by atoms with Crippen molar-refractivity contribution >= 4 is 25.8 Å². The third-order valence-electron chi connectivity index (χ3n) is 3.19. The van der Waals surface area contributed by atoms with E-state index in [1.807, 2.05) is 0 Å². The highest BCUT2D eigenvalue weighted by Gasteiger charge is 2.29. The fraction of sp³-hybridized carbons (Fsp3) is 0.600. The van der Waals surface area contributed by atoms with E-state index in [2.05, 4.69) is 13.6 Å². The first-order valence-corrected chi connectivity index (χ1v) is 10.3. The minimum Gasteiger partial charge on any atom is -0.352 e. The third kappa shape index (κ3) is 6.39. The lowest BCUT2D eigenvalue weighted by molar-refractivity contribution is -0.0215. The number of rotatable bonds is 8. The Bertz CT molecular complexity index is 682. The van der Waals surface area contributed by atoms with Gasteiger partial charge in [0.25, 0.3) is 5.56 Å². The number of hydrogen-bond acceptors (Lipinski definition) is 10. The normalized spacial score (nSPS) is 23.1. The molecular formula is C10H17N2O10P3. The Labute approximate surface area is 144 Å². The minimum absolute atomic E-state index is 0.0774. The molecule has 1 aromatic rings. The molecule has 1 aliphatic heterocycles. The molecule has 142 valence electrons. The molecule has 4 atom stereocenters. The topological polar surface area (TPSA) is 173 Å². The fourth-order valence-corrected chi connectivity index (χ4v) is 3.97. The maximum atomic E-state index is 11.8. The van der Waals surface area contributed by atoms with Gasteiger partial charge in [0.1, 0.15) is 6.23 Å². The molecule has 0 bridgehead atoms. The molecule has 1 aromatic heterocycles. The molecule has 1 fully saturated rings. The summed E-state index contributed by atoms with van der Waals surface area (Å²) in [6.45, 7) is 1.49. The van der Waals surface area contributed by atoms with Gasteiger partial charge in [-0.05, 0) is 19.8 Å². The highest BCUT2D eigenvalue weighted by Crippen LogP contribution is 2.55. The van der Waals surface area contributed by atoms with Crippen LogP contribution in [-0.2, 0) is 17.9 Å². The van der Waals surface area contributed by atoms with Crippen molar-refractivity contribution in [2.24, 2.45) is 0 Å². The summed E-state index contributed by atoms with van der Waals surface area (Å²) in [5.74, 6) is 0. The van der Waals surface area contributed by atoms with Crippen LogP contribution < -0.4 is 11.2 Å². The van der Waals surface area contributed by atoms with Crippen LogP contribution >= 0.6 is 25.8 Å². The summed E-state index contributed by atoms with van der Waals surface area (Å²) < 4.78 is 20.6. The van der Waals surface area contributed by atoms with Crippen LogP contribution in [0.5, 0.6) is 0 Å². The van der Waals surface area contributed by atoms with Gasteiger partial charge in [0.15, 0.2) is 0 Å². The van der Waals surface area contributed by atoms with Gasteiger partial charge >= 0.3 is 31.5 Å². The lowest BCUT2D eigenvalue weighted by Crippen LogP contribution is -2.33. The van der Waals surface area contributed by atoms with E-state index in [1.54, 1.807) is 6.92 Å². The third-order valence-corrected chi connectivity index (χ3v) is 5.83. The number of hydrogen-bond donors (Lipinski definition) is 5. The molecule has 2 rings (SSSR count). The number of nitrogens with zero attached hydrogens (tertiary/aromatic N) is 1. The van der Waals surface area contributed by atoms with Gasteiger partial charge in [0.2, 0.25) is 0 Å². The Balaban J connectivity index is 1.82. The second-order valence-corrected chi connectivity index (χ2v) is 7.98. The summed E-state index contributed by atoms with van der Waals surface area (Å²) in [5.41, 5.74) is -0.666. The monoisotopic (exact) mass is 418 g/mol. The maximum Gasteiger partial charge on any atom is 0.344 e. The number of ether oxygens (including phenoxy) is 1. The average molecular weight is 418 g/mol. The molecule has 1 saturated heterocycles. The van der Waals surface area contributed by atoms with Crippen LogP contribution in [0.25, 0.3) is 0 Å². The first kappa shape index (κ1) is 21.0. The largest absolute Gasteiger partial charge is 0.352 e. The van der Waals surface area contributed by atoms with Crippen molar-refractivity contribution in [1.29, 1.82) is 0 Å². The summed E-state index contributed by atoms with van der Waals surface area (Å²) in [5, 5.41) is 0. The molecule has 0 amide bonds. The van der Waals surface area contributed by atoms with Gasteiger partial charge in [-0.25, -0.2) is 13.4 Å². The van der Waals surface area contributed by atoms with Crippen LogP contribution in [-0.4, -0.2) is 41.8 Å². The smallest absolute Gasteiger partial charge is 0.344 e. The first-order valence-electron chi connectivity index (χ1n) is 6.88. The van der Waals surface area contributed by atoms with Crippen molar-refractivity contribution in [3.8, 4) is 0 Å². The summed E-state index contributed by atoms with van der Waals surface area (Å²) in [6, 6.07) is 0. The number of nitrogens with one attached hydrogen (secondary N) is 1. The van der Waals surface area contributed by atoms with Gasteiger partial charge < -0.3 is 28.8 Å². The molecule has 1 aliphatic rings. The van der Waals surface area contributed by atoms with Crippen molar-refractivity contribution in [2.75, 3.05) is 6.61 Å². The predicted octanol–water partition coefficient (Wildman–Crippen LogP) is 0.222. The zero-order valence-electron chi connectivity index (χ0n) is 12.9. The Hall–Kier alpha value is -0.350. The predicted molar refractivity (Wildman–Crippen MR) is 87.0 cm³/mol. The van der Waals surface area contributed by atoms with E-state index in [0.29, 0.717) is 18.4 Å². The molecule has 5 N–H and O–H groups in total. The highest BCUT2D eigenvalue weighted by atomic mass is 31.3. The van der Waals surface area contributed by atoms with Gasteiger partial charge in [0, 0.05) is 11.8 Å². The van der Waals surface area contributed by atoms with Crippen LogP contribution in [0.2, 0.25) is 0 Å². The van der Waals surface area contributed by atoms with Crippen molar-refractivity contribution < 1.29 is 37.5 Å². The van der Waals surface area contributed by atoms with Crippen molar-refractivity contribution in [3.05, 3.63) is 32.6 Å². The first-order chi connectivity index (χ1) is 11.8. The molecule has 2 heterocycles. The summed E-state index contributed by atoms with van der Waals surface area (Å²) >= 11 is 0. The molecule has 0 saturated carbocycles. The van der Waals surface area contributed by atoms with Crippen LogP contribution in [0.15, 0.2) is 15.8 Å². The number of aryl methyl sites for hydroxylation is 1. The highest BCUT2D eigenvalue weighted by molar-refractivity contribution is 7.60. The number of H-pyrrole nitrogens is 1. The standard InChI is InChI=1S/C10H17N2O10P3/c1-6-4-12(10(14)11-9(6)13)8-3-2-7(20-8)5-19-24(17)22-25(18)21-23(15)16/h4,7-8,15-18H,2-3,5H2,1H3,(H,11,13,14)/t7?,8-,24?,25?/m1/s1. The quantitative estimate of drug-likeness (QED) is 0.368. The molecule has 0 aliphatic carbocycles. The second-order valence-electron chi connectivity index (χ2n) is 4.96. The molecule has 3 unspecified atom stereocenters. The Morgan fingerprint density at radius 1 is 1.24 bits per heavy atom. The molecule has 0 aromatic carbocycles. The maximum absolute atomic E-state index is 11.8. The molecule has 15 heteroatoms. The Morgan fingerprint density at radius 2 is 1.96 bits per heavy atom. The van der Waals surface area contributed by atoms with Gasteiger partial charge in [0.05, 0.1) is 12.7 Å². The molecule has 12 nitrogen and oxygen atoms in total. The summed E-state index contributed by atoms with van der Waals surface area (Å²) in [7, 11) is -7.99. The van der Waals surface area contributed by atoms with E-state index in [0.717, 1.165) is 0 Å². The Morgan fingerprint density at radius 3 is 2.64 bits per heavy atom. The van der Waals surface area contributed by atoms with E-state index in [1.165, 1.54) is 10.8 Å². The van der Waals surface area contributed by atoms with E-state index in [4.69, 9.17) is 23.9 Å². The average Bonchev–Trinajstić information content (AvgIpc) is 2.96. The van der Waals surface area contributed by atoms with Crippen LogP contribution in [0.4, 0.5) is 0 Å². The zero-order valence-corrected chi connectivity index (χ0v) is 15.6. The summed E-state index contributed by atoms with van der Waals surface area (Å²) in [4.78, 5) is 61.1. The van der Waals surface area contributed by atoms with Crippen LogP contribution in [0.3, 0.4) is 0 Å². The van der Waals surface area contributed by atoms with Gasteiger partial charge in [-0.3, -0.25) is 14.3 Å². The SMILES string of the molecule is Cc1cn([C@H]2CCC(COP(O)OP(O)OP(O)O)O2)c(=O)[nH]c1=O. The molecular weight excluding hydrogens is 401 g/mol. The fourth-order valence-electron chi connectivity index (χ4n) is 2.12. The lowest BCUT2D eigenvalue weighted by Gasteiger charge is -2.18. The van der Waals surface area contributed by atoms with Gasteiger partial charge in [-0.1, -0.05) is 0 Å². The van der Waals surface area contributed by atoms with Crippen molar-refractivity contribution in [2.45, 2.75) is 32.1 Å². The summed E-state index contributed by atoms with van der Waals surface area (Å²) in [6.07, 6.45) is 1.42. The lowest BCUT2D eigenvalue weighted by atomic mass is 10.2. The minimum atomic E-state index is -2.81. The van der Waals surface area contributed by atoms with Gasteiger partial charge in [-0.2, -0.15) is 0 Å². The Kier molecular flexibility index (Phi) is 8.00.